The van der Waals surface area contributed by atoms with Gasteiger partial charge in [-0.05, 0) is 80.7 Å². The molecule has 3 aromatic rings. The number of benzene rings is 2. The zero-order valence-corrected chi connectivity index (χ0v) is 27.0. The van der Waals surface area contributed by atoms with E-state index in [0.717, 1.165) is 87.6 Å². The van der Waals surface area contributed by atoms with E-state index in [-0.39, 0.29) is 41.1 Å². The number of carbonyl (C=O) groups excluding carboxylic acids is 3. The number of amides is 4. The van der Waals surface area contributed by atoms with Gasteiger partial charge in [0.15, 0.2) is 0 Å². The number of hydrogen-bond acceptors (Lipinski definition) is 4. The van der Waals surface area contributed by atoms with Gasteiger partial charge in [0, 0.05) is 67.2 Å². The van der Waals surface area contributed by atoms with Gasteiger partial charge in [-0.2, -0.15) is 0 Å². The molecule has 9 heteroatoms. The van der Waals surface area contributed by atoms with E-state index < -0.39 is 6.04 Å². The van der Waals surface area contributed by atoms with E-state index in [1.54, 1.807) is 0 Å². The van der Waals surface area contributed by atoms with E-state index in [1.165, 1.54) is 17.5 Å². The van der Waals surface area contributed by atoms with E-state index in [2.05, 4.69) is 56.2 Å². The Morgan fingerprint density at radius 2 is 1.67 bits per heavy atom. The fourth-order valence-electron chi connectivity index (χ4n) is 8.67. The summed E-state index contributed by atoms with van der Waals surface area (Å²) in [6.07, 6.45) is 9.73. The smallest absolute Gasteiger partial charge is 0.315 e. The Kier molecular flexibility index (Phi) is 8.77. The first kappa shape index (κ1) is 30.8. The van der Waals surface area contributed by atoms with Gasteiger partial charge in [0.1, 0.15) is 6.04 Å². The molecule has 4 atom stereocenters. The normalized spacial score (nSPS) is 23.9. The van der Waals surface area contributed by atoms with Crippen molar-refractivity contribution < 1.29 is 14.4 Å². The maximum absolute atomic E-state index is 14.4. The lowest BCUT2D eigenvalue weighted by Gasteiger charge is -2.42. The van der Waals surface area contributed by atoms with E-state index in [9.17, 15) is 14.4 Å². The van der Waals surface area contributed by atoms with Gasteiger partial charge < -0.3 is 30.7 Å². The zero-order valence-electron chi connectivity index (χ0n) is 27.0. The molecule has 3 fully saturated rings. The molecule has 244 valence electrons. The first-order valence-electron chi connectivity index (χ1n) is 17.4. The van der Waals surface area contributed by atoms with Gasteiger partial charge in [0.2, 0.25) is 11.8 Å². The summed E-state index contributed by atoms with van der Waals surface area (Å²) < 4.78 is 0. The maximum Gasteiger partial charge on any atom is 0.315 e. The molecule has 4 amide bonds. The lowest BCUT2D eigenvalue weighted by molar-refractivity contribution is -0.136. The van der Waals surface area contributed by atoms with Crippen molar-refractivity contribution in [2.24, 2.45) is 0 Å². The molecule has 1 aromatic heterocycles. The minimum Gasteiger partial charge on any atom is -0.361 e. The summed E-state index contributed by atoms with van der Waals surface area (Å²) in [5.74, 6) is -0.116. The summed E-state index contributed by atoms with van der Waals surface area (Å²) in [7, 11) is 0. The first-order chi connectivity index (χ1) is 22.4. The molecule has 4 N–H and O–H groups in total. The van der Waals surface area contributed by atoms with Crippen LogP contribution in [0.2, 0.25) is 0 Å². The number of fused-ring (bicyclic) bond motifs is 3. The van der Waals surface area contributed by atoms with E-state index >= 15 is 0 Å². The minimum absolute atomic E-state index is 0.0447. The highest BCUT2D eigenvalue weighted by atomic mass is 16.2. The number of rotatable bonds is 6. The number of H-pyrrole nitrogens is 1. The molecule has 0 saturated carbocycles. The summed E-state index contributed by atoms with van der Waals surface area (Å²) >= 11 is 0. The van der Waals surface area contributed by atoms with Gasteiger partial charge in [0.25, 0.3) is 0 Å². The predicted molar refractivity (Wildman–Crippen MR) is 180 cm³/mol. The highest BCUT2D eigenvalue weighted by Gasteiger charge is 2.49. The van der Waals surface area contributed by atoms with Crippen LogP contribution in [0.5, 0.6) is 0 Å². The second-order valence-electron chi connectivity index (χ2n) is 14.1. The molecule has 9 nitrogen and oxygen atoms in total. The minimum atomic E-state index is -0.714. The van der Waals surface area contributed by atoms with E-state index in [0.29, 0.717) is 13.1 Å². The second kappa shape index (κ2) is 13.1. The van der Waals surface area contributed by atoms with Crippen molar-refractivity contribution >= 4 is 28.7 Å². The zero-order chi connectivity index (χ0) is 31.7. The molecule has 3 aliphatic heterocycles. The van der Waals surface area contributed by atoms with Gasteiger partial charge in [-0.1, -0.05) is 49.4 Å². The lowest BCUT2D eigenvalue weighted by Crippen LogP contribution is -2.57. The van der Waals surface area contributed by atoms with Crippen molar-refractivity contribution in [2.75, 3.05) is 39.3 Å². The van der Waals surface area contributed by atoms with Gasteiger partial charge in [-0.3, -0.25) is 9.59 Å². The standard InChI is InChI=1S/C37H48N6O3/c1-25(30-24-39-32-14-6-4-12-28(30)32)33(41-36(46)40-26-10-9-17-38-23-26)35(45)43-20-15-37(16-21-43)22-29(27-11-3-5-13-31(27)37)34(44)42-18-7-2-8-19-42/h3-6,11-14,24-26,29,33,38-39H,2,7-10,15-23H2,1H3,(H2,40,41,46)/t25-,26?,29-,33?/m1/s1. The van der Waals surface area contributed by atoms with Crippen molar-refractivity contribution in [1.82, 2.24) is 30.7 Å². The van der Waals surface area contributed by atoms with Crippen LogP contribution >= 0.6 is 0 Å². The number of urea groups is 1. The topological polar surface area (TPSA) is 110 Å². The number of likely N-dealkylation sites (tertiary alicyclic amines) is 2. The average Bonchev–Trinajstić information content (AvgIpc) is 3.67. The largest absolute Gasteiger partial charge is 0.361 e. The number of para-hydroxylation sites is 1. The summed E-state index contributed by atoms with van der Waals surface area (Å²) in [6.45, 7) is 6.67. The Morgan fingerprint density at radius 3 is 2.46 bits per heavy atom. The van der Waals surface area contributed by atoms with Crippen molar-refractivity contribution in [1.29, 1.82) is 0 Å². The predicted octanol–water partition coefficient (Wildman–Crippen LogP) is 4.75. The molecule has 2 aromatic carbocycles. The summed E-state index contributed by atoms with van der Waals surface area (Å²) in [6, 6.07) is 15.7. The van der Waals surface area contributed by atoms with Crippen LogP contribution in [0.15, 0.2) is 54.7 Å². The number of hydrogen-bond donors (Lipinski definition) is 4. The highest BCUT2D eigenvalue weighted by Crippen LogP contribution is 2.52. The molecule has 0 radical (unpaired) electrons. The molecule has 4 aliphatic rings. The lowest BCUT2D eigenvalue weighted by atomic mass is 9.73. The fraction of sp³-hybridized carbons (Fsp3) is 0.541. The average molecular weight is 625 g/mol. The number of nitrogens with zero attached hydrogens (tertiary/aromatic N) is 2. The molecule has 4 heterocycles. The quantitative estimate of drug-likeness (QED) is 0.317. The highest BCUT2D eigenvalue weighted by molar-refractivity contribution is 5.91. The van der Waals surface area contributed by atoms with Crippen molar-refractivity contribution in [3.8, 4) is 0 Å². The molecule has 46 heavy (non-hydrogen) atoms. The van der Waals surface area contributed by atoms with Crippen molar-refractivity contribution in [2.45, 2.75) is 87.6 Å². The Labute approximate surface area is 271 Å². The SMILES string of the molecule is C[C@H](c1c[nH]c2ccccc12)C(NC(=O)NC1CCCNC1)C(=O)N1CCC2(CC1)C[C@@H](C(=O)N1CCCCC1)c1ccccc12. The molecular weight excluding hydrogens is 576 g/mol. The monoisotopic (exact) mass is 624 g/mol. The molecule has 1 aliphatic carbocycles. The first-order valence-corrected chi connectivity index (χ1v) is 17.4. The van der Waals surface area contributed by atoms with Crippen molar-refractivity contribution in [3.05, 3.63) is 71.4 Å². The van der Waals surface area contributed by atoms with Gasteiger partial charge in [-0.25, -0.2) is 4.79 Å². The molecule has 0 bridgehead atoms. The molecule has 2 unspecified atom stereocenters. The number of piperidine rings is 3. The molecular formula is C37H48N6O3. The number of carbonyl (C=O) groups is 3. The number of nitrogens with one attached hydrogen (secondary N) is 4. The third-order valence-electron chi connectivity index (χ3n) is 11.3. The van der Waals surface area contributed by atoms with Crippen LogP contribution in [0, 0.1) is 0 Å². The van der Waals surface area contributed by atoms with Crippen LogP contribution in [0.4, 0.5) is 4.79 Å². The van der Waals surface area contributed by atoms with E-state index in [4.69, 9.17) is 0 Å². The van der Waals surface area contributed by atoms with Crippen LogP contribution in [0.25, 0.3) is 10.9 Å². The maximum atomic E-state index is 14.4. The third kappa shape index (κ3) is 5.90. The number of aromatic amines is 1. The van der Waals surface area contributed by atoms with Crippen LogP contribution in [-0.4, -0.2) is 84.0 Å². The molecule has 7 rings (SSSR count). The number of aromatic nitrogens is 1. The summed E-state index contributed by atoms with van der Waals surface area (Å²) in [4.78, 5) is 48.9. The van der Waals surface area contributed by atoms with E-state index in [1.807, 2.05) is 36.2 Å². The van der Waals surface area contributed by atoms with Crippen LogP contribution in [0.1, 0.15) is 86.8 Å². The van der Waals surface area contributed by atoms with Crippen LogP contribution in [0.3, 0.4) is 0 Å². The Hall–Kier alpha value is -3.85. The Balaban J connectivity index is 1.09. The second-order valence-corrected chi connectivity index (χ2v) is 14.1. The van der Waals surface area contributed by atoms with Gasteiger partial charge >= 0.3 is 6.03 Å². The molecule has 3 saturated heterocycles. The van der Waals surface area contributed by atoms with Crippen LogP contribution in [-0.2, 0) is 15.0 Å². The molecule has 1 spiro atoms. The summed E-state index contributed by atoms with van der Waals surface area (Å²) in [5.41, 5.74) is 4.40. The van der Waals surface area contributed by atoms with Gasteiger partial charge in [-0.15, -0.1) is 0 Å². The Bertz CT molecular complexity index is 1560. The van der Waals surface area contributed by atoms with Gasteiger partial charge in [0.05, 0.1) is 5.92 Å². The third-order valence-corrected chi connectivity index (χ3v) is 11.3. The fourth-order valence-corrected chi connectivity index (χ4v) is 8.67. The Morgan fingerprint density at radius 1 is 0.913 bits per heavy atom. The summed E-state index contributed by atoms with van der Waals surface area (Å²) in [5, 5.41) is 10.6. The van der Waals surface area contributed by atoms with Crippen molar-refractivity contribution in [3.63, 3.8) is 0 Å². The van der Waals surface area contributed by atoms with Crippen LogP contribution < -0.4 is 16.0 Å².